The van der Waals surface area contributed by atoms with Gasteiger partial charge < -0.3 is 4.42 Å². The van der Waals surface area contributed by atoms with Crippen molar-refractivity contribution in [3.63, 3.8) is 0 Å². The maximum Gasteiger partial charge on any atom is 0.272 e. The summed E-state index contributed by atoms with van der Waals surface area (Å²) in [5, 5.41) is 2.07. The highest BCUT2D eigenvalue weighted by Crippen LogP contribution is 2.33. The van der Waals surface area contributed by atoms with Crippen molar-refractivity contribution in [3.8, 4) is 0 Å². The SMILES string of the molecule is CC(=O)c1c(C)oc2ccc(N(C(=O)c3ccccc3)S(=O)(=O)c3ccc4ccccc4c3)cc12. The van der Waals surface area contributed by atoms with E-state index in [1.54, 1.807) is 55.5 Å². The molecule has 0 saturated carbocycles. The lowest BCUT2D eigenvalue weighted by atomic mass is 10.1. The number of nitrogens with zero attached hydrogens (tertiary/aromatic N) is 1. The average molecular weight is 484 g/mol. The molecule has 0 aliphatic rings. The van der Waals surface area contributed by atoms with E-state index in [2.05, 4.69) is 0 Å². The largest absolute Gasteiger partial charge is 0.461 e. The highest BCUT2D eigenvalue weighted by atomic mass is 32.2. The van der Waals surface area contributed by atoms with Crippen LogP contribution in [0.3, 0.4) is 0 Å². The second-order valence-electron chi connectivity index (χ2n) is 8.22. The van der Waals surface area contributed by atoms with E-state index in [9.17, 15) is 18.0 Å². The van der Waals surface area contributed by atoms with Gasteiger partial charge in [0, 0.05) is 10.9 Å². The maximum atomic E-state index is 14.0. The first kappa shape index (κ1) is 22.6. The predicted molar refractivity (Wildman–Crippen MR) is 135 cm³/mol. The lowest BCUT2D eigenvalue weighted by Crippen LogP contribution is -2.37. The summed E-state index contributed by atoms with van der Waals surface area (Å²) in [5.74, 6) is -0.484. The van der Waals surface area contributed by atoms with Crippen LogP contribution in [0, 0.1) is 6.92 Å². The predicted octanol–water partition coefficient (Wildman–Crippen LogP) is 6.13. The topological polar surface area (TPSA) is 84.7 Å². The van der Waals surface area contributed by atoms with E-state index in [0.717, 1.165) is 15.1 Å². The van der Waals surface area contributed by atoms with Crippen molar-refractivity contribution in [2.75, 3.05) is 4.31 Å². The Morgan fingerprint density at radius 1 is 0.800 bits per heavy atom. The van der Waals surface area contributed by atoms with Crippen LogP contribution in [0.5, 0.6) is 0 Å². The number of furan rings is 1. The number of hydrogen-bond acceptors (Lipinski definition) is 5. The van der Waals surface area contributed by atoms with E-state index in [1.807, 2.05) is 24.3 Å². The minimum absolute atomic E-state index is 0.0178. The van der Waals surface area contributed by atoms with Crippen molar-refractivity contribution in [2.45, 2.75) is 18.7 Å². The van der Waals surface area contributed by atoms with Gasteiger partial charge in [0.25, 0.3) is 15.9 Å². The van der Waals surface area contributed by atoms with Crippen molar-refractivity contribution in [1.29, 1.82) is 0 Å². The first-order valence-electron chi connectivity index (χ1n) is 10.9. The number of sulfonamides is 1. The molecule has 5 aromatic rings. The fraction of sp³-hybridized carbons (Fsp3) is 0.0714. The minimum atomic E-state index is -4.32. The van der Waals surface area contributed by atoms with E-state index in [1.165, 1.54) is 25.1 Å². The zero-order valence-electron chi connectivity index (χ0n) is 19.1. The summed E-state index contributed by atoms with van der Waals surface area (Å²) in [5.41, 5.74) is 1.12. The molecule has 35 heavy (non-hydrogen) atoms. The molecule has 1 aromatic heterocycles. The third-order valence-corrected chi connectivity index (χ3v) is 7.61. The van der Waals surface area contributed by atoms with Gasteiger partial charge in [0.15, 0.2) is 5.78 Å². The maximum absolute atomic E-state index is 14.0. The van der Waals surface area contributed by atoms with E-state index in [4.69, 9.17) is 4.42 Å². The van der Waals surface area contributed by atoms with Crippen molar-refractivity contribution in [3.05, 3.63) is 108 Å². The summed E-state index contributed by atoms with van der Waals surface area (Å²) in [6.45, 7) is 3.10. The Hall–Kier alpha value is -4.23. The molecule has 0 atom stereocenters. The highest BCUT2D eigenvalue weighted by molar-refractivity contribution is 7.93. The van der Waals surface area contributed by atoms with Gasteiger partial charge in [-0.05, 0) is 67.1 Å². The lowest BCUT2D eigenvalue weighted by molar-refractivity contribution is 0.1000. The van der Waals surface area contributed by atoms with Gasteiger partial charge >= 0.3 is 0 Å². The third kappa shape index (κ3) is 3.90. The fourth-order valence-electron chi connectivity index (χ4n) is 4.27. The Labute approximate surface area is 202 Å². The summed E-state index contributed by atoms with van der Waals surface area (Å²) in [4.78, 5) is 25.9. The molecule has 0 saturated heterocycles. The van der Waals surface area contributed by atoms with Gasteiger partial charge in [-0.15, -0.1) is 0 Å². The number of carbonyl (C=O) groups is 2. The van der Waals surface area contributed by atoms with E-state index in [-0.39, 0.29) is 21.9 Å². The second kappa shape index (κ2) is 8.52. The van der Waals surface area contributed by atoms with Crippen LogP contribution in [0.1, 0.15) is 33.4 Å². The number of fused-ring (bicyclic) bond motifs is 2. The number of amides is 1. The van der Waals surface area contributed by atoms with Crippen LogP contribution in [-0.4, -0.2) is 20.1 Å². The summed E-state index contributed by atoms with van der Waals surface area (Å²) in [7, 11) is -4.32. The molecular weight excluding hydrogens is 462 g/mol. The molecule has 0 fully saturated rings. The number of Topliss-reactive ketones (excluding diaryl/α,β-unsaturated/α-hetero) is 1. The molecule has 0 unspecified atom stereocenters. The van der Waals surface area contributed by atoms with Gasteiger partial charge in [-0.25, -0.2) is 8.42 Å². The van der Waals surface area contributed by atoms with E-state index in [0.29, 0.717) is 22.3 Å². The zero-order valence-corrected chi connectivity index (χ0v) is 19.9. The Morgan fingerprint density at radius 3 is 2.20 bits per heavy atom. The van der Waals surface area contributed by atoms with Crippen LogP contribution in [-0.2, 0) is 10.0 Å². The van der Waals surface area contributed by atoms with E-state index < -0.39 is 15.9 Å². The Morgan fingerprint density at radius 2 is 1.49 bits per heavy atom. The highest BCUT2D eigenvalue weighted by Gasteiger charge is 2.33. The summed E-state index contributed by atoms with van der Waals surface area (Å²) < 4.78 is 34.4. The molecule has 0 bridgehead atoms. The number of benzene rings is 4. The van der Waals surface area contributed by atoms with Gasteiger partial charge in [0.2, 0.25) is 0 Å². The average Bonchev–Trinajstić information content (AvgIpc) is 3.19. The number of hydrogen-bond donors (Lipinski definition) is 0. The summed E-state index contributed by atoms with van der Waals surface area (Å²) in [6.07, 6.45) is 0. The monoisotopic (exact) mass is 483 g/mol. The first-order valence-corrected chi connectivity index (χ1v) is 12.4. The number of carbonyl (C=O) groups excluding carboxylic acids is 2. The Balaban J connectivity index is 1.74. The van der Waals surface area contributed by atoms with Crippen molar-refractivity contribution in [2.24, 2.45) is 0 Å². The first-order chi connectivity index (χ1) is 16.8. The Kier molecular flexibility index (Phi) is 5.49. The van der Waals surface area contributed by atoms with Crippen LogP contribution >= 0.6 is 0 Å². The molecule has 0 N–H and O–H groups in total. The quantitative estimate of drug-likeness (QED) is 0.281. The van der Waals surface area contributed by atoms with Crippen molar-refractivity contribution >= 4 is 49.1 Å². The van der Waals surface area contributed by atoms with Gasteiger partial charge in [-0.1, -0.05) is 48.5 Å². The standard InChI is InChI=1S/C28H21NO5S/c1-18(30)27-19(2)34-26-15-13-23(17-25(26)27)29(28(31)21-9-4-3-5-10-21)35(32,33)24-14-12-20-8-6-7-11-22(20)16-24/h3-17H,1-2H3. The second-order valence-corrected chi connectivity index (χ2v) is 10.0. The normalized spacial score (nSPS) is 11.6. The van der Waals surface area contributed by atoms with Crippen molar-refractivity contribution < 1.29 is 22.4 Å². The van der Waals surface area contributed by atoms with Crippen LogP contribution in [0.25, 0.3) is 21.7 Å². The molecule has 7 heteroatoms. The zero-order chi connectivity index (χ0) is 24.7. The summed E-state index contributed by atoms with van der Waals surface area (Å²) in [6, 6.07) is 25.0. The van der Waals surface area contributed by atoms with E-state index >= 15 is 0 Å². The lowest BCUT2D eigenvalue weighted by Gasteiger charge is -2.23. The molecule has 6 nitrogen and oxygen atoms in total. The molecule has 0 aliphatic heterocycles. The number of anilines is 1. The Bertz CT molecular complexity index is 1720. The molecular formula is C28H21NO5S. The van der Waals surface area contributed by atoms with Gasteiger partial charge in [0.05, 0.1) is 16.1 Å². The van der Waals surface area contributed by atoms with Gasteiger partial charge in [0.1, 0.15) is 11.3 Å². The molecule has 1 heterocycles. The third-order valence-electron chi connectivity index (χ3n) is 5.90. The van der Waals surface area contributed by atoms with Crippen LogP contribution < -0.4 is 4.31 Å². The molecule has 0 spiro atoms. The smallest absolute Gasteiger partial charge is 0.272 e. The molecule has 0 aliphatic carbocycles. The number of rotatable bonds is 5. The number of aryl methyl sites for hydroxylation is 1. The van der Waals surface area contributed by atoms with Crippen molar-refractivity contribution in [1.82, 2.24) is 0 Å². The summed E-state index contributed by atoms with van der Waals surface area (Å²) >= 11 is 0. The minimum Gasteiger partial charge on any atom is -0.461 e. The molecule has 174 valence electrons. The number of ketones is 1. The molecule has 4 aromatic carbocycles. The molecule has 1 amide bonds. The van der Waals surface area contributed by atoms with Crippen LogP contribution in [0.4, 0.5) is 5.69 Å². The van der Waals surface area contributed by atoms with Gasteiger partial charge in [-0.3, -0.25) is 9.59 Å². The van der Waals surface area contributed by atoms with Crippen LogP contribution in [0.2, 0.25) is 0 Å². The molecule has 0 radical (unpaired) electrons. The van der Waals surface area contributed by atoms with Gasteiger partial charge in [-0.2, -0.15) is 4.31 Å². The molecule has 5 rings (SSSR count). The van der Waals surface area contributed by atoms with Crippen LogP contribution in [0.15, 0.2) is 100 Å². The fourth-order valence-corrected chi connectivity index (χ4v) is 5.71.